The van der Waals surface area contributed by atoms with Crippen LogP contribution in [0.25, 0.3) is 0 Å². The van der Waals surface area contributed by atoms with Crippen molar-refractivity contribution < 1.29 is 14.6 Å². The van der Waals surface area contributed by atoms with Gasteiger partial charge >= 0.3 is 0 Å². The zero-order chi connectivity index (χ0) is 15.2. The normalized spacial score (nSPS) is 10.0. The minimum Gasteiger partial charge on any atom is -0.493 e. The van der Waals surface area contributed by atoms with Gasteiger partial charge in [0.2, 0.25) is 0 Å². The van der Waals surface area contributed by atoms with Gasteiger partial charge in [-0.1, -0.05) is 29.8 Å². The molecule has 0 saturated heterocycles. The van der Waals surface area contributed by atoms with Crippen molar-refractivity contribution in [2.45, 2.75) is 13.2 Å². The number of benzene rings is 2. The van der Waals surface area contributed by atoms with E-state index in [1.165, 1.54) is 7.11 Å². The summed E-state index contributed by atoms with van der Waals surface area (Å²) >= 11 is 6.15. The highest BCUT2D eigenvalue weighted by Gasteiger charge is 2.13. The number of methoxy groups -OCH3 is 1. The van der Waals surface area contributed by atoms with Gasteiger partial charge in [-0.3, -0.25) is 0 Å². The van der Waals surface area contributed by atoms with E-state index in [-0.39, 0.29) is 13.2 Å². The molecular formula is C16H14ClNO3. The maximum Gasteiger partial charge on any atom is 0.180 e. The van der Waals surface area contributed by atoms with Gasteiger partial charge in [0.15, 0.2) is 11.5 Å². The number of aliphatic hydroxyl groups is 1. The third kappa shape index (κ3) is 3.46. The molecule has 5 heteroatoms. The van der Waals surface area contributed by atoms with Gasteiger partial charge in [0, 0.05) is 5.56 Å². The first kappa shape index (κ1) is 15.2. The molecule has 0 radical (unpaired) electrons. The largest absolute Gasteiger partial charge is 0.493 e. The third-order valence-electron chi connectivity index (χ3n) is 2.98. The first-order valence-corrected chi connectivity index (χ1v) is 6.65. The van der Waals surface area contributed by atoms with Crippen molar-refractivity contribution >= 4 is 11.6 Å². The Hall–Kier alpha value is -2.22. The van der Waals surface area contributed by atoms with E-state index >= 15 is 0 Å². The zero-order valence-electron chi connectivity index (χ0n) is 11.5. The van der Waals surface area contributed by atoms with Gasteiger partial charge < -0.3 is 14.6 Å². The Kier molecular flexibility index (Phi) is 5.04. The number of rotatable bonds is 5. The summed E-state index contributed by atoms with van der Waals surface area (Å²) in [6, 6.07) is 12.6. The molecule has 0 amide bonds. The molecule has 0 aliphatic rings. The SMILES string of the molecule is COc1cc(CO)cc(Cl)c1OCc1ccccc1C#N. The molecule has 0 heterocycles. The summed E-state index contributed by atoms with van der Waals surface area (Å²) in [5.74, 6) is 0.838. The molecule has 0 aromatic heterocycles. The molecule has 2 rings (SSSR count). The average Bonchev–Trinajstić information content (AvgIpc) is 2.53. The van der Waals surface area contributed by atoms with Crippen LogP contribution in [0.2, 0.25) is 5.02 Å². The lowest BCUT2D eigenvalue weighted by atomic mass is 10.1. The Bertz CT molecular complexity index is 680. The monoisotopic (exact) mass is 303 g/mol. The number of nitriles is 1. The van der Waals surface area contributed by atoms with E-state index in [4.69, 9.17) is 31.4 Å². The van der Waals surface area contributed by atoms with Crippen LogP contribution in [0.5, 0.6) is 11.5 Å². The van der Waals surface area contributed by atoms with Crippen LogP contribution in [0.4, 0.5) is 0 Å². The van der Waals surface area contributed by atoms with Gasteiger partial charge in [-0.15, -0.1) is 0 Å². The molecule has 0 aliphatic carbocycles. The predicted molar refractivity (Wildman–Crippen MR) is 79.4 cm³/mol. The summed E-state index contributed by atoms with van der Waals surface area (Å²) in [5.41, 5.74) is 1.96. The molecule has 0 spiro atoms. The summed E-state index contributed by atoms with van der Waals surface area (Å²) in [7, 11) is 1.50. The van der Waals surface area contributed by atoms with Crippen LogP contribution >= 0.6 is 11.6 Å². The van der Waals surface area contributed by atoms with Crippen molar-refractivity contribution in [3.63, 3.8) is 0 Å². The van der Waals surface area contributed by atoms with Gasteiger partial charge in [0.05, 0.1) is 30.4 Å². The van der Waals surface area contributed by atoms with E-state index < -0.39 is 0 Å². The lowest BCUT2D eigenvalue weighted by molar-refractivity contribution is 0.274. The van der Waals surface area contributed by atoms with Crippen LogP contribution in [-0.4, -0.2) is 12.2 Å². The summed E-state index contributed by atoms with van der Waals surface area (Å²) in [6.45, 7) is 0.0753. The molecule has 1 N–H and O–H groups in total. The Labute approximate surface area is 128 Å². The lowest BCUT2D eigenvalue weighted by Gasteiger charge is -2.14. The maximum atomic E-state index is 9.16. The lowest BCUT2D eigenvalue weighted by Crippen LogP contribution is -2.01. The van der Waals surface area contributed by atoms with Crippen molar-refractivity contribution in [1.82, 2.24) is 0 Å². The van der Waals surface area contributed by atoms with Crippen LogP contribution in [0.15, 0.2) is 36.4 Å². The molecule has 2 aromatic rings. The minimum absolute atomic E-state index is 0.131. The minimum atomic E-state index is -0.131. The number of halogens is 1. The highest BCUT2D eigenvalue weighted by molar-refractivity contribution is 6.32. The number of aliphatic hydroxyl groups excluding tert-OH is 1. The standard InChI is InChI=1S/C16H14ClNO3/c1-20-15-7-11(9-19)6-14(17)16(15)21-10-13-5-3-2-4-12(13)8-18/h2-7,19H,9-10H2,1H3. The van der Waals surface area contributed by atoms with Crippen LogP contribution in [0.3, 0.4) is 0 Å². The summed E-state index contributed by atoms with van der Waals surface area (Å²) in [6.07, 6.45) is 0. The second kappa shape index (κ2) is 6.98. The van der Waals surface area contributed by atoms with Crippen molar-refractivity contribution in [3.8, 4) is 17.6 Å². The topological polar surface area (TPSA) is 62.5 Å². The van der Waals surface area contributed by atoms with Crippen LogP contribution < -0.4 is 9.47 Å². The number of hydrogen-bond donors (Lipinski definition) is 1. The fraction of sp³-hybridized carbons (Fsp3) is 0.188. The molecule has 0 fully saturated rings. The Balaban J connectivity index is 2.26. The first-order valence-electron chi connectivity index (χ1n) is 6.27. The highest BCUT2D eigenvalue weighted by atomic mass is 35.5. The Morgan fingerprint density at radius 3 is 2.71 bits per heavy atom. The van der Waals surface area contributed by atoms with E-state index in [9.17, 15) is 0 Å². The molecule has 0 bridgehead atoms. The van der Waals surface area contributed by atoms with Crippen molar-refractivity contribution in [3.05, 3.63) is 58.1 Å². The van der Waals surface area contributed by atoms with Crippen LogP contribution in [-0.2, 0) is 13.2 Å². The number of hydrogen-bond acceptors (Lipinski definition) is 4. The summed E-state index contributed by atoms with van der Waals surface area (Å²) < 4.78 is 10.9. The molecular weight excluding hydrogens is 290 g/mol. The molecule has 0 unspecified atom stereocenters. The van der Waals surface area contributed by atoms with E-state index in [2.05, 4.69) is 6.07 Å². The maximum absolute atomic E-state index is 9.16. The summed E-state index contributed by atoms with van der Waals surface area (Å²) in [5, 5.41) is 18.6. The third-order valence-corrected chi connectivity index (χ3v) is 3.26. The van der Waals surface area contributed by atoms with Gasteiger partial charge in [-0.05, 0) is 23.8 Å². The molecule has 0 aliphatic heterocycles. The number of ether oxygens (including phenoxy) is 2. The Morgan fingerprint density at radius 1 is 1.29 bits per heavy atom. The molecule has 108 valence electrons. The molecule has 0 saturated carbocycles. The fourth-order valence-corrected chi connectivity index (χ4v) is 2.20. The Morgan fingerprint density at radius 2 is 2.05 bits per heavy atom. The van der Waals surface area contributed by atoms with Crippen LogP contribution in [0, 0.1) is 11.3 Å². The van der Waals surface area contributed by atoms with Crippen LogP contribution in [0.1, 0.15) is 16.7 Å². The van der Waals surface area contributed by atoms with E-state index in [0.717, 1.165) is 5.56 Å². The van der Waals surface area contributed by atoms with Crippen molar-refractivity contribution in [1.29, 1.82) is 5.26 Å². The van der Waals surface area contributed by atoms with E-state index in [0.29, 0.717) is 27.6 Å². The van der Waals surface area contributed by atoms with Gasteiger partial charge in [0.25, 0.3) is 0 Å². The van der Waals surface area contributed by atoms with Crippen molar-refractivity contribution in [2.75, 3.05) is 7.11 Å². The zero-order valence-corrected chi connectivity index (χ0v) is 12.2. The quantitative estimate of drug-likeness (QED) is 0.920. The molecule has 21 heavy (non-hydrogen) atoms. The average molecular weight is 304 g/mol. The number of nitrogens with zero attached hydrogens (tertiary/aromatic N) is 1. The van der Waals surface area contributed by atoms with E-state index in [1.54, 1.807) is 24.3 Å². The van der Waals surface area contributed by atoms with Crippen molar-refractivity contribution in [2.24, 2.45) is 0 Å². The summed E-state index contributed by atoms with van der Waals surface area (Å²) in [4.78, 5) is 0. The predicted octanol–water partition coefficient (Wildman–Crippen LogP) is 3.29. The second-order valence-electron chi connectivity index (χ2n) is 4.32. The van der Waals surface area contributed by atoms with E-state index in [1.807, 2.05) is 12.1 Å². The van der Waals surface area contributed by atoms with Gasteiger partial charge in [-0.25, -0.2) is 0 Å². The highest BCUT2D eigenvalue weighted by Crippen LogP contribution is 2.37. The molecule has 4 nitrogen and oxygen atoms in total. The van der Waals surface area contributed by atoms with Gasteiger partial charge in [0.1, 0.15) is 6.61 Å². The smallest absolute Gasteiger partial charge is 0.180 e. The molecule has 2 aromatic carbocycles. The van der Waals surface area contributed by atoms with Gasteiger partial charge in [-0.2, -0.15) is 5.26 Å². The fourth-order valence-electron chi connectivity index (χ4n) is 1.91. The second-order valence-corrected chi connectivity index (χ2v) is 4.73. The molecule has 0 atom stereocenters. The first-order chi connectivity index (χ1) is 10.2.